The Kier molecular flexibility index (Phi) is 3.97. The van der Waals surface area contributed by atoms with Gasteiger partial charge in [0.1, 0.15) is 5.75 Å². The molecule has 3 aromatic rings. The zero-order chi connectivity index (χ0) is 17.2. The van der Waals surface area contributed by atoms with Crippen molar-refractivity contribution in [3.63, 3.8) is 0 Å². The summed E-state index contributed by atoms with van der Waals surface area (Å²) in [6.45, 7) is 1.72. The number of ether oxygens (including phenoxy) is 1. The number of carbonyl (C=O) groups excluding carboxylic acids is 1. The van der Waals surface area contributed by atoms with Crippen molar-refractivity contribution < 1.29 is 9.53 Å². The third-order valence-corrected chi connectivity index (χ3v) is 4.54. The number of pyridine rings is 1. The molecule has 0 radical (unpaired) electrons. The number of methoxy groups -OCH3 is 1. The van der Waals surface area contributed by atoms with Crippen molar-refractivity contribution in [1.82, 2.24) is 25.4 Å². The Bertz CT molecular complexity index is 921. The molecule has 1 aromatic carbocycles. The zero-order valence-electron chi connectivity index (χ0n) is 14.0. The number of urea groups is 1. The van der Waals surface area contributed by atoms with Gasteiger partial charge in [-0.25, -0.2) is 9.78 Å². The lowest BCUT2D eigenvalue weighted by atomic mass is 9.99. The monoisotopic (exact) mass is 337 g/mol. The molecule has 1 aliphatic heterocycles. The Morgan fingerprint density at radius 2 is 2.32 bits per heavy atom. The van der Waals surface area contributed by atoms with Gasteiger partial charge in [-0.3, -0.25) is 5.10 Å². The lowest BCUT2D eigenvalue weighted by molar-refractivity contribution is 0.192. The van der Waals surface area contributed by atoms with Crippen LogP contribution in [-0.4, -0.2) is 39.8 Å². The van der Waals surface area contributed by atoms with Gasteiger partial charge < -0.3 is 15.0 Å². The quantitative estimate of drug-likeness (QED) is 0.768. The van der Waals surface area contributed by atoms with Crippen LogP contribution in [0.2, 0.25) is 0 Å². The number of nitrogens with one attached hydrogen (secondary N) is 2. The molecule has 3 heterocycles. The van der Waals surface area contributed by atoms with Gasteiger partial charge in [0.25, 0.3) is 0 Å². The number of aromatic nitrogens is 3. The predicted molar refractivity (Wildman–Crippen MR) is 93.2 cm³/mol. The number of rotatable bonds is 3. The van der Waals surface area contributed by atoms with E-state index in [4.69, 9.17) is 4.74 Å². The summed E-state index contributed by atoms with van der Waals surface area (Å²) < 4.78 is 5.21. The average Bonchev–Trinajstić information content (AvgIpc) is 3.15. The topological polar surface area (TPSA) is 83.1 Å². The molecular weight excluding hydrogens is 318 g/mol. The lowest BCUT2D eigenvalue weighted by Crippen LogP contribution is -2.42. The van der Waals surface area contributed by atoms with Gasteiger partial charge in [-0.15, -0.1) is 0 Å². The second-order valence-electron chi connectivity index (χ2n) is 6.08. The minimum Gasteiger partial charge on any atom is -0.497 e. The summed E-state index contributed by atoms with van der Waals surface area (Å²) in [6.07, 6.45) is 4.44. The number of H-pyrrole nitrogens is 1. The molecule has 25 heavy (non-hydrogen) atoms. The number of hydrogen-bond acceptors (Lipinski definition) is 4. The maximum absolute atomic E-state index is 12.5. The Balaban J connectivity index is 1.43. The van der Waals surface area contributed by atoms with E-state index in [0.717, 1.165) is 34.3 Å². The van der Waals surface area contributed by atoms with Crippen LogP contribution in [-0.2, 0) is 19.5 Å². The molecule has 7 nitrogen and oxygen atoms in total. The predicted octanol–water partition coefficient (Wildman–Crippen LogP) is 2.23. The highest BCUT2D eigenvalue weighted by atomic mass is 16.5. The maximum atomic E-state index is 12.5. The van der Waals surface area contributed by atoms with Crippen LogP contribution < -0.4 is 10.1 Å². The van der Waals surface area contributed by atoms with Crippen molar-refractivity contribution >= 4 is 17.1 Å². The van der Waals surface area contributed by atoms with Crippen LogP contribution in [0.1, 0.15) is 16.7 Å². The normalized spacial score (nSPS) is 13.6. The molecule has 0 atom stereocenters. The molecule has 0 bridgehead atoms. The van der Waals surface area contributed by atoms with Crippen LogP contribution in [0.3, 0.4) is 0 Å². The first-order chi connectivity index (χ1) is 12.2. The smallest absolute Gasteiger partial charge is 0.317 e. The summed E-state index contributed by atoms with van der Waals surface area (Å²) in [6, 6.07) is 7.62. The molecule has 7 heteroatoms. The molecule has 0 saturated carbocycles. The fourth-order valence-electron chi connectivity index (χ4n) is 3.20. The number of fused-ring (bicyclic) bond motifs is 3. The van der Waals surface area contributed by atoms with Crippen molar-refractivity contribution in [3.8, 4) is 5.75 Å². The van der Waals surface area contributed by atoms with E-state index < -0.39 is 0 Å². The van der Waals surface area contributed by atoms with Crippen molar-refractivity contribution in [2.24, 2.45) is 0 Å². The van der Waals surface area contributed by atoms with Gasteiger partial charge in [-0.1, -0.05) is 12.1 Å². The molecule has 0 unspecified atom stereocenters. The molecule has 0 fully saturated rings. The fourth-order valence-corrected chi connectivity index (χ4v) is 3.20. The first-order valence-corrected chi connectivity index (χ1v) is 8.20. The van der Waals surface area contributed by atoms with Gasteiger partial charge in [0, 0.05) is 31.2 Å². The highest BCUT2D eigenvalue weighted by Crippen LogP contribution is 2.24. The van der Waals surface area contributed by atoms with Crippen molar-refractivity contribution in [3.05, 3.63) is 53.3 Å². The number of aromatic amines is 1. The largest absolute Gasteiger partial charge is 0.497 e. The minimum atomic E-state index is -0.0687. The van der Waals surface area contributed by atoms with Crippen LogP contribution in [0.5, 0.6) is 5.75 Å². The molecule has 1 aliphatic rings. The Hall–Kier alpha value is -3.09. The lowest BCUT2D eigenvalue weighted by Gasteiger charge is -2.29. The van der Waals surface area contributed by atoms with Crippen molar-refractivity contribution in [2.75, 3.05) is 13.7 Å². The molecule has 0 aliphatic carbocycles. The molecule has 0 spiro atoms. The van der Waals surface area contributed by atoms with Crippen LogP contribution in [0.15, 0.2) is 36.7 Å². The van der Waals surface area contributed by atoms with Gasteiger partial charge in [-0.05, 0) is 35.2 Å². The average molecular weight is 337 g/mol. The van der Waals surface area contributed by atoms with E-state index >= 15 is 0 Å². The maximum Gasteiger partial charge on any atom is 0.317 e. The van der Waals surface area contributed by atoms with E-state index in [9.17, 15) is 4.79 Å². The summed E-state index contributed by atoms with van der Waals surface area (Å²) in [5.41, 5.74) is 4.12. The van der Waals surface area contributed by atoms with E-state index in [2.05, 4.69) is 20.5 Å². The number of hydrogen-bond donors (Lipinski definition) is 2. The minimum absolute atomic E-state index is 0.0687. The molecule has 4 rings (SSSR count). The Morgan fingerprint density at radius 1 is 1.40 bits per heavy atom. The van der Waals surface area contributed by atoms with Crippen LogP contribution in [0, 0.1) is 0 Å². The second-order valence-corrected chi connectivity index (χ2v) is 6.08. The summed E-state index contributed by atoms with van der Waals surface area (Å²) in [5, 5.41) is 11.0. The van der Waals surface area contributed by atoms with E-state index in [1.807, 2.05) is 35.4 Å². The standard InChI is InChI=1S/C18H19N5O2/c1-25-14-4-2-3-12(7-14)8-20-18(24)23-6-5-15-13(11-23)9-19-17-16(15)10-21-22-17/h2-4,7,9-10H,5-6,8,11H2,1H3,(H,20,24)(H,19,21,22). The van der Waals surface area contributed by atoms with Crippen LogP contribution in [0.25, 0.3) is 11.0 Å². The van der Waals surface area contributed by atoms with Gasteiger partial charge in [0.2, 0.25) is 0 Å². The molecule has 2 aromatic heterocycles. The summed E-state index contributed by atoms with van der Waals surface area (Å²) in [5.74, 6) is 0.786. The SMILES string of the molecule is COc1cccc(CNC(=O)N2CCc3c(cnc4[nH]ncc34)C2)c1. The van der Waals surface area contributed by atoms with Gasteiger partial charge in [0.15, 0.2) is 5.65 Å². The number of nitrogens with zero attached hydrogens (tertiary/aromatic N) is 3. The third kappa shape index (κ3) is 3.00. The fraction of sp³-hybridized carbons (Fsp3) is 0.278. The van der Waals surface area contributed by atoms with Crippen molar-refractivity contribution in [1.29, 1.82) is 0 Å². The zero-order valence-corrected chi connectivity index (χ0v) is 14.0. The summed E-state index contributed by atoms with van der Waals surface area (Å²) in [7, 11) is 1.63. The second kappa shape index (κ2) is 6.43. The van der Waals surface area contributed by atoms with Crippen LogP contribution in [0.4, 0.5) is 4.79 Å². The van der Waals surface area contributed by atoms with Crippen molar-refractivity contribution in [2.45, 2.75) is 19.5 Å². The van der Waals surface area contributed by atoms with Gasteiger partial charge >= 0.3 is 6.03 Å². The van der Waals surface area contributed by atoms with E-state index in [0.29, 0.717) is 19.6 Å². The Morgan fingerprint density at radius 3 is 3.20 bits per heavy atom. The highest BCUT2D eigenvalue weighted by Gasteiger charge is 2.22. The number of benzene rings is 1. The number of carbonyl (C=O) groups is 1. The van der Waals surface area contributed by atoms with E-state index in [-0.39, 0.29) is 6.03 Å². The number of amides is 2. The van der Waals surface area contributed by atoms with Crippen LogP contribution >= 0.6 is 0 Å². The van der Waals surface area contributed by atoms with E-state index in [1.54, 1.807) is 13.3 Å². The first-order valence-electron chi connectivity index (χ1n) is 8.20. The summed E-state index contributed by atoms with van der Waals surface area (Å²) >= 11 is 0. The molecule has 0 saturated heterocycles. The molecule has 2 N–H and O–H groups in total. The van der Waals surface area contributed by atoms with E-state index in [1.165, 1.54) is 5.56 Å². The molecule has 128 valence electrons. The van der Waals surface area contributed by atoms with Gasteiger partial charge in [0.05, 0.1) is 13.3 Å². The Labute approximate surface area is 145 Å². The highest BCUT2D eigenvalue weighted by molar-refractivity contribution is 5.80. The molecule has 2 amide bonds. The third-order valence-electron chi connectivity index (χ3n) is 4.54. The summed E-state index contributed by atoms with van der Waals surface area (Å²) in [4.78, 5) is 18.7. The molecular formula is C18H19N5O2. The van der Waals surface area contributed by atoms with Gasteiger partial charge in [-0.2, -0.15) is 5.10 Å². The first kappa shape index (κ1) is 15.4.